The minimum absolute atomic E-state index is 0.207. The van der Waals surface area contributed by atoms with E-state index in [2.05, 4.69) is 15.4 Å². The molecule has 1 unspecified atom stereocenters. The van der Waals surface area contributed by atoms with Gasteiger partial charge in [-0.1, -0.05) is 12.1 Å². The van der Waals surface area contributed by atoms with Crippen molar-refractivity contribution < 1.29 is 14.7 Å². The second-order valence-corrected chi connectivity index (χ2v) is 3.45. The van der Waals surface area contributed by atoms with Crippen LogP contribution in [0.3, 0.4) is 0 Å². The molecule has 1 aliphatic heterocycles. The fourth-order valence-electron chi connectivity index (χ4n) is 1.49. The van der Waals surface area contributed by atoms with Crippen LogP contribution in [0.5, 0.6) is 0 Å². The van der Waals surface area contributed by atoms with Gasteiger partial charge in [-0.2, -0.15) is 0 Å². The molecule has 0 aromatic heterocycles. The Labute approximate surface area is 95.7 Å². The number of rotatable bonds is 3. The zero-order valence-electron chi connectivity index (χ0n) is 8.57. The summed E-state index contributed by atoms with van der Waals surface area (Å²) in [5, 5.41) is 19.5. The number of nitrogens with zero attached hydrogens (tertiary/aromatic N) is 3. The summed E-state index contributed by atoms with van der Waals surface area (Å²) in [6, 6.07) is 5.91. The van der Waals surface area contributed by atoms with E-state index in [1.54, 1.807) is 0 Å². The normalized spacial score (nSPS) is 21.6. The quantitative estimate of drug-likeness (QED) is 0.790. The van der Waals surface area contributed by atoms with Gasteiger partial charge < -0.3 is 10.8 Å². The molecule has 0 aliphatic carbocycles. The van der Waals surface area contributed by atoms with Gasteiger partial charge in [0.25, 0.3) is 0 Å². The van der Waals surface area contributed by atoms with Crippen molar-refractivity contribution in [3.05, 3.63) is 35.4 Å². The highest BCUT2D eigenvalue weighted by Gasteiger charge is 2.42. The minimum atomic E-state index is -1.66. The summed E-state index contributed by atoms with van der Waals surface area (Å²) < 4.78 is 0. The highest BCUT2D eigenvalue weighted by Crippen LogP contribution is 2.28. The summed E-state index contributed by atoms with van der Waals surface area (Å²) in [6.07, 6.45) is 1.11. The lowest BCUT2D eigenvalue weighted by atomic mass is 9.91. The number of hydrogen-bond acceptors (Lipinski definition) is 5. The van der Waals surface area contributed by atoms with Crippen molar-refractivity contribution in [2.45, 2.75) is 5.54 Å². The Morgan fingerprint density at radius 3 is 2.65 bits per heavy atom. The van der Waals surface area contributed by atoms with Gasteiger partial charge in [-0.25, -0.2) is 4.79 Å². The van der Waals surface area contributed by atoms with E-state index in [9.17, 15) is 14.7 Å². The van der Waals surface area contributed by atoms with E-state index in [1.165, 1.54) is 24.3 Å². The molecular formula is C10H8N4O3. The van der Waals surface area contributed by atoms with Crippen LogP contribution in [-0.2, 0) is 10.3 Å². The predicted molar refractivity (Wildman–Crippen MR) is 57.6 cm³/mol. The Hall–Kier alpha value is -2.57. The van der Waals surface area contributed by atoms with Crippen molar-refractivity contribution in [1.29, 1.82) is 0 Å². The Morgan fingerprint density at radius 1 is 1.35 bits per heavy atom. The summed E-state index contributed by atoms with van der Waals surface area (Å²) in [5.41, 5.74) is 3.96. The summed E-state index contributed by atoms with van der Waals surface area (Å²) in [7, 11) is 0. The van der Waals surface area contributed by atoms with Gasteiger partial charge in [-0.3, -0.25) is 4.79 Å². The maximum Gasteiger partial charge on any atom is 0.344 e. The van der Waals surface area contributed by atoms with Crippen LogP contribution in [0.2, 0.25) is 0 Å². The van der Waals surface area contributed by atoms with Crippen LogP contribution in [0, 0.1) is 0 Å². The Morgan fingerprint density at radius 2 is 2.12 bits per heavy atom. The zero-order valence-corrected chi connectivity index (χ0v) is 8.57. The van der Waals surface area contributed by atoms with Gasteiger partial charge in [0.1, 0.15) is 0 Å². The van der Waals surface area contributed by atoms with Crippen LogP contribution in [0.15, 0.2) is 39.7 Å². The first-order valence-corrected chi connectivity index (χ1v) is 4.66. The highest BCUT2D eigenvalue weighted by molar-refractivity contribution is 6.02. The second-order valence-electron chi connectivity index (χ2n) is 3.45. The molecule has 17 heavy (non-hydrogen) atoms. The Bertz CT molecular complexity index is 538. The molecule has 0 fully saturated rings. The van der Waals surface area contributed by atoms with Crippen LogP contribution in [0.25, 0.3) is 0 Å². The van der Waals surface area contributed by atoms with Gasteiger partial charge in [0, 0.05) is 5.56 Å². The van der Waals surface area contributed by atoms with E-state index in [1.807, 2.05) is 0 Å². The lowest BCUT2D eigenvalue weighted by Crippen LogP contribution is -2.34. The van der Waals surface area contributed by atoms with Crippen molar-refractivity contribution in [1.82, 2.24) is 0 Å². The number of carboxylic acids is 1. The van der Waals surface area contributed by atoms with Crippen LogP contribution < -0.4 is 5.73 Å². The molecule has 1 aromatic rings. The summed E-state index contributed by atoms with van der Waals surface area (Å²) in [6.45, 7) is 0. The van der Waals surface area contributed by atoms with E-state index >= 15 is 0 Å². The number of carboxylic acid groups (broad SMARTS) is 1. The van der Waals surface area contributed by atoms with Gasteiger partial charge in [0.05, 0.1) is 6.21 Å². The monoisotopic (exact) mass is 232 g/mol. The number of nitrogens with two attached hydrogens (primary N) is 1. The second kappa shape index (κ2) is 3.78. The number of primary amides is 1. The molecule has 1 atom stereocenters. The average molecular weight is 232 g/mol. The van der Waals surface area contributed by atoms with Gasteiger partial charge in [0.15, 0.2) is 0 Å². The zero-order chi connectivity index (χ0) is 12.5. The number of hydrogen-bond donors (Lipinski definition) is 2. The molecule has 1 aliphatic rings. The summed E-state index contributed by atoms with van der Waals surface area (Å²) in [4.78, 5) is 22.3. The average Bonchev–Trinajstić information content (AvgIpc) is 2.79. The molecule has 3 N–H and O–H groups in total. The third-order valence-corrected chi connectivity index (χ3v) is 2.41. The fraction of sp³-hybridized carbons (Fsp3) is 0.100. The van der Waals surface area contributed by atoms with Gasteiger partial charge in [0.2, 0.25) is 11.4 Å². The number of carbonyl (C=O) groups is 2. The first-order chi connectivity index (χ1) is 8.06. The molecule has 0 bridgehead atoms. The largest absolute Gasteiger partial charge is 0.479 e. The maximum atomic E-state index is 11.2. The third-order valence-electron chi connectivity index (χ3n) is 2.41. The van der Waals surface area contributed by atoms with Crippen LogP contribution >= 0.6 is 0 Å². The lowest BCUT2D eigenvalue weighted by Gasteiger charge is -2.16. The molecule has 1 aromatic carbocycles. The van der Waals surface area contributed by atoms with E-state index in [-0.39, 0.29) is 11.1 Å². The smallest absolute Gasteiger partial charge is 0.344 e. The molecule has 1 heterocycles. The molecule has 0 spiro atoms. The summed E-state index contributed by atoms with van der Waals surface area (Å²) >= 11 is 0. The first kappa shape index (κ1) is 10.9. The molecule has 86 valence electrons. The van der Waals surface area contributed by atoms with Crippen molar-refractivity contribution in [2.75, 3.05) is 0 Å². The minimum Gasteiger partial charge on any atom is -0.479 e. The molecule has 0 radical (unpaired) electrons. The molecule has 0 saturated carbocycles. The van der Waals surface area contributed by atoms with Crippen molar-refractivity contribution >= 4 is 18.1 Å². The molecule has 7 heteroatoms. The standard InChI is InChI=1S/C10H8N4O3/c11-8(15)6-2-1-3-7(4-6)10(9(16)17)5-12-14-13-10/h1-5H,(H2,11,15)(H,16,17). The first-order valence-electron chi connectivity index (χ1n) is 4.66. The number of benzene rings is 1. The van der Waals surface area contributed by atoms with Gasteiger partial charge >= 0.3 is 5.97 Å². The van der Waals surface area contributed by atoms with Crippen LogP contribution in [0.1, 0.15) is 15.9 Å². The molecular weight excluding hydrogens is 224 g/mol. The molecule has 0 saturated heterocycles. The molecule has 1 amide bonds. The van der Waals surface area contributed by atoms with Crippen LogP contribution in [-0.4, -0.2) is 23.2 Å². The summed E-state index contributed by atoms with van der Waals surface area (Å²) in [5.74, 6) is -1.86. The molecule has 7 nitrogen and oxygen atoms in total. The third kappa shape index (κ3) is 1.67. The fourth-order valence-corrected chi connectivity index (χ4v) is 1.49. The SMILES string of the molecule is NC(=O)c1cccc(C2(C(=O)O)C=NN=N2)c1. The van der Waals surface area contributed by atoms with Gasteiger partial charge in [-0.05, 0) is 22.9 Å². The number of amides is 1. The topological polar surface area (TPSA) is 117 Å². The van der Waals surface area contributed by atoms with E-state index in [4.69, 9.17) is 5.73 Å². The van der Waals surface area contributed by atoms with E-state index in [0.29, 0.717) is 0 Å². The van der Waals surface area contributed by atoms with Gasteiger partial charge in [-0.15, -0.1) is 10.2 Å². The van der Waals surface area contributed by atoms with E-state index < -0.39 is 17.4 Å². The van der Waals surface area contributed by atoms with Crippen molar-refractivity contribution in [3.63, 3.8) is 0 Å². The highest BCUT2D eigenvalue weighted by atomic mass is 16.4. The Kier molecular flexibility index (Phi) is 2.43. The maximum absolute atomic E-state index is 11.2. The Balaban J connectivity index is 2.56. The van der Waals surface area contributed by atoms with Crippen molar-refractivity contribution in [2.24, 2.45) is 21.2 Å². The predicted octanol–water partition coefficient (Wildman–Crippen LogP) is 0.517. The molecule has 2 rings (SSSR count). The van der Waals surface area contributed by atoms with E-state index in [0.717, 1.165) is 6.21 Å². The van der Waals surface area contributed by atoms with Crippen molar-refractivity contribution in [3.8, 4) is 0 Å². The number of carbonyl (C=O) groups excluding carboxylic acids is 1. The van der Waals surface area contributed by atoms with Crippen LogP contribution in [0.4, 0.5) is 0 Å². The lowest BCUT2D eigenvalue weighted by molar-refractivity contribution is -0.140. The number of aliphatic carboxylic acids is 1.